The average Bonchev–Trinajstić information content (AvgIpc) is 2.77. The summed E-state index contributed by atoms with van der Waals surface area (Å²) in [6, 6.07) is 4.74. The highest BCUT2D eigenvalue weighted by Crippen LogP contribution is 2.29. The van der Waals surface area contributed by atoms with Crippen molar-refractivity contribution in [3.63, 3.8) is 0 Å². The first-order valence-corrected chi connectivity index (χ1v) is 5.87. The minimum absolute atomic E-state index is 0.0185. The molecule has 0 spiro atoms. The number of hydroxylamine groups is 2. The zero-order valence-electron chi connectivity index (χ0n) is 11.0. The van der Waals surface area contributed by atoms with Crippen LogP contribution in [0.25, 0.3) is 0 Å². The Kier molecular flexibility index (Phi) is 3.88. The maximum atomic E-state index is 12.1. The summed E-state index contributed by atoms with van der Waals surface area (Å²) < 4.78 is 10.1. The van der Waals surface area contributed by atoms with Gasteiger partial charge in [-0.25, -0.2) is 4.79 Å². The molecule has 2 rings (SSSR count). The Labute approximate surface area is 115 Å². The summed E-state index contributed by atoms with van der Waals surface area (Å²) in [6.07, 6.45) is 0.0738. The van der Waals surface area contributed by atoms with Gasteiger partial charge in [-0.15, -0.1) is 5.06 Å². The van der Waals surface area contributed by atoms with Crippen LogP contribution in [0.3, 0.4) is 0 Å². The molecular formula is C13H13NO6. The lowest BCUT2D eigenvalue weighted by Gasteiger charge is -2.15. The van der Waals surface area contributed by atoms with Crippen molar-refractivity contribution < 1.29 is 28.7 Å². The first kappa shape index (κ1) is 13.9. The first-order valence-electron chi connectivity index (χ1n) is 5.87. The Morgan fingerprint density at radius 3 is 2.00 bits per heavy atom. The number of hydrogen-bond acceptors (Lipinski definition) is 6. The highest BCUT2D eigenvalue weighted by molar-refractivity contribution is 6.03. The molecule has 106 valence electrons. The molecule has 0 bridgehead atoms. The molecule has 0 radical (unpaired) electrons. The molecule has 0 N–H and O–H groups in total. The van der Waals surface area contributed by atoms with E-state index in [-0.39, 0.29) is 29.9 Å². The van der Waals surface area contributed by atoms with Crippen molar-refractivity contribution in [2.45, 2.75) is 12.8 Å². The highest BCUT2D eigenvalue weighted by Gasteiger charge is 2.34. The van der Waals surface area contributed by atoms with Gasteiger partial charge < -0.3 is 14.3 Å². The van der Waals surface area contributed by atoms with E-state index in [0.29, 0.717) is 5.06 Å². The van der Waals surface area contributed by atoms with Gasteiger partial charge in [-0.1, -0.05) is 6.07 Å². The van der Waals surface area contributed by atoms with E-state index in [1.807, 2.05) is 0 Å². The molecule has 7 nitrogen and oxygen atoms in total. The Morgan fingerprint density at radius 2 is 1.55 bits per heavy atom. The zero-order valence-corrected chi connectivity index (χ0v) is 11.0. The summed E-state index contributed by atoms with van der Waals surface area (Å²) in [5, 5.41) is 0.480. The molecule has 1 aliphatic heterocycles. The van der Waals surface area contributed by atoms with E-state index < -0.39 is 17.8 Å². The summed E-state index contributed by atoms with van der Waals surface area (Å²) in [5.74, 6) is -1.51. The summed E-state index contributed by atoms with van der Waals surface area (Å²) in [4.78, 5) is 39.8. The van der Waals surface area contributed by atoms with Gasteiger partial charge in [0.1, 0.15) is 17.1 Å². The third-order valence-corrected chi connectivity index (χ3v) is 2.81. The van der Waals surface area contributed by atoms with Gasteiger partial charge in [0.25, 0.3) is 11.8 Å². The number of benzene rings is 1. The van der Waals surface area contributed by atoms with E-state index in [4.69, 9.17) is 14.3 Å². The lowest BCUT2D eigenvalue weighted by molar-refractivity contribution is -0.172. The lowest BCUT2D eigenvalue weighted by atomic mass is 10.2. The van der Waals surface area contributed by atoms with Crippen molar-refractivity contribution in [1.82, 2.24) is 5.06 Å². The second-order valence-corrected chi connectivity index (χ2v) is 4.00. The van der Waals surface area contributed by atoms with Crippen molar-refractivity contribution in [2.75, 3.05) is 14.2 Å². The van der Waals surface area contributed by atoms with Crippen LogP contribution in [0.1, 0.15) is 23.2 Å². The van der Waals surface area contributed by atoms with Crippen LogP contribution < -0.4 is 9.47 Å². The van der Waals surface area contributed by atoms with Gasteiger partial charge in [0.2, 0.25) is 0 Å². The molecule has 0 unspecified atom stereocenters. The summed E-state index contributed by atoms with van der Waals surface area (Å²) in [7, 11) is 2.77. The predicted molar refractivity (Wildman–Crippen MR) is 66.0 cm³/mol. The van der Waals surface area contributed by atoms with Gasteiger partial charge in [-0.2, -0.15) is 0 Å². The second-order valence-electron chi connectivity index (χ2n) is 4.00. The molecule has 1 fully saturated rings. The second kappa shape index (κ2) is 5.60. The van der Waals surface area contributed by atoms with E-state index in [1.165, 1.54) is 14.2 Å². The Hall–Kier alpha value is -2.57. The van der Waals surface area contributed by atoms with Crippen LogP contribution >= 0.6 is 0 Å². The molecule has 1 saturated heterocycles. The SMILES string of the molecule is COc1cccc(OC)c1C(=O)ON1C(=O)CCC1=O. The number of methoxy groups -OCH3 is 2. The number of carbonyl (C=O) groups excluding carboxylic acids is 3. The molecule has 1 heterocycles. The maximum Gasteiger partial charge on any atom is 0.371 e. The molecular weight excluding hydrogens is 266 g/mol. The van der Waals surface area contributed by atoms with E-state index in [1.54, 1.807) is 18.2 Å². The van der Waals surface area contributed by atoms with Crippen molar-refractivity contribution in [3.05, 3.63) is 23.8 Å². The molecule has 0 saturated carbocycles. The van der Waals surface area contributed by atoms with Gasteiger partial charge in [-0.3, -0.25) is 9.59 Å². The van der Waals surface area contributed by atoms with Crippen LogP contribution in [0, 0.1) is 0 Å². The molecule has 7 heteroatoms. The fourth-order valence-electron chi connectivity index (χ4n) is 1.84. The molecule has 1 aliphatic rings. The molecule has 0 aromatic heterocycles. The van der Waals surface area contributed by atoms with Gasteiger partial charge in [0, 0.05) is 12.8 Å². The minimum atomic E-state index is -0.886. The number of amides is 2. The molecule has 0 atom stereocenters. The van der Waals surface area contributed by atoms with Crippen LogP contribution in [0.4, 0.5) is 0 Å². The Balaban J connectivity index is 2.29. The molecule has 2 amide bonds. The third kappa shape index (κ3) is 2.42. The van der Waals surface area contributed by atoms with Gasteiger partial charge in [0.05, 0.1) is 14.2 Å². The quantitative estimate of drug-likeness (QED) is 0.762. The summed E-state index contributed by atoms with van der Waals surface area (Å²) in [6.45, 7) is 0. The smallest absolute Gasteiger partial charge is 0.371 e. The average molecular weight is 279 g/mol. The molecule has 20 heavy (non-hydrogen) atoms. The molecule has 0 aliphatic carbocycles. The fourth-order valence-corrected chi connectivity index (χ4v) is 1.84. The van der Waals surface area contributed by atoms with Gasteiger partial charge >= 0.3 is 5.97 Å². The largest absolute Gasteiger partial charge is 0.496 e. The molecule has 1 aromatic rings. The lowest BCUT2D eigenvalue weighted by Crippen LogP contribution is -2.32. The van der Waals surface area contributed by atoms with Crippen molar-refractivity contribution in [2.24, 2.45) is 0 Å². The number of hydrogen-bond donors (Lipinski definition) is 0. The van der Waals surface area contributed by atoms with Crippen molar-refractivity contribution in [3.8, 4) is 11.5 Å². The number of rotatable bonds is 4. The van der Waals surface area contributed by atoms with Crippen molar-refractivity contribution >= 4 is 17.8 Å². The van der Waals surface area contributed by atoms with Gasteiger partial charge in [-0.05, 0) is 12.1 Å². The maximum absolute atomic E-state index is 12.1. The van der Waals surface area contributed by atoms with Crippen LogP contribution in [0.2, 0.25) is 0 Å². The first-order chi connectivity index (χ1) is 9.58. The zero-order chi connectivity index (χ0) is 14.7. The van der Waals surface area contributed by atoms with E-state index in [9.17, 15) is 14.4 Å². The number of nitrogens with zero attached hydrogens (tertiary/aromatic N) is 1. The third-order valence-electron chi connectivity index (χ3n) is 2.81. The number of imide groups is 1. The topological polar surface area (TPSA) is 82.1 Å². The van der Waals surface area contributed by atoms with E-state index in [0.717, 1.165) is 0 Å². The monoisotopic (exact) mass is 279 g/mol. The molecule has 1 aromatic carbocycles. The number of ether oxygens (including phenoxy) is 2. The standard InChI is InChI=1S/C13H13NO6/c1-18-8-4-3-5-9(19-2)12(8)13(17)20-14-10(15)6-7-11(14)16/h3-5H,6-7H2,1-2H3. The van der Waals surface area contributed by atoms with Gasteiger partial charge in [0.15, 0.2) is 0 Å². The van der Waals surface area contributed by atoms with Crippen molar-refractivity contribution in [1.29, 1.82) is 0 Å². The fraction of sp³-hybridized carbons (Fsp3) is 0.308. The van der Waals surface area contributed by atoms with Crippen LogP contribution in [0.15, 0.2) is 18.2 Å². The minimum Gasteiger partial charge on any atom is -0.496 e. The number of carbonyl (C=O) groups is 3. The summed E-state index contributed by atoms with van der Waals surface area (Å²) in [5.41, 5.74) is 0.0185. The van der Waals surface area contributed by atoms with Crippen LogP contribution in [-0.4, -0.2) is 37.1 Å². The summed E-state index contributed by atoms with van der Waals surface area (Å²) >= 11 is 0. The normalized spacial score (nSPS) is 14.4. The van der Waals surface area contributed by atoms with Crippen LogP contribution in [-0.2, 0) is 14.4 Å². The Morgan fingerprint density at radius 1 is 1.05 bits per heavy atom. The van der Waals surface area contributed by atoms with E-state index >= 15 is 0 Å². The Bertz CT molecular complexity index is 530. The predicted octanol–water partition coefficient (Wildman–Crippen LogP) is 0.925. The van der Waals surface area contributed by atoms with Crippen LogP contribution in [0.5, 0.6) is 11.5 Å². The van der Waals surface area contributed by atoms with E-state index in [2.05, 4.69) is 0 Å². The highest BCUT2D eigenvalue weighted by atomic mass is 16.7.